The maximum atomic E-state index is 10.1. The summed E-state index contributed by atoms with van der Waals surface area (Å²) >= 11 is 17.3. The fourth-order valence-corrected chi connectivity index (χ4v) is 3.37. The van der Waals surface area contributed by atoms with Gasteiger partial charge in [-0.3, -0.25) is 0 Å². The fraction of sp³-hybridized carbons (Fsp3) is 1.00. The Labute approximate surface area is 147 Å². The zero-order valence-corrected chi connectivity index (χ0v) is 14.1. The van der Waals surface area contributed by atoms with Crippen molar-refractivity contribution in [1.29, 1.82) is 0 Å². The van der Waals surface area contributed by atoms with Crippen molar-refractivity contribution in [3.63, 3.8) is 0 Å². The molecule has 0 spiro atoms. The van der Waals surface area contributed by atoms with Crippen molar-refractivity contribution in [2.75, 3.05) is 18.4 Å². The Balaban J connectivity index is 2.18. The Kier molecular flexibility index (Phi) is 6.77. The van der Waals surface area contributed by atoms with Crippen LogP contribution in [0.2, 0.25) is 0 Å². The van der Waals surface area contributed by atoms with Crippen LogP contribution in [0.5, 0.6) is 0 Å². The second-order valence-electron chi connectivity index (χ2n) is 5.46. The Hall–Kier alpha value is 0.550. The molecular weight excluding hydrogens is 378 g/mol. The van der Waals surface area contributed by atoms with Gasteiger partial charge in [-0.25, -0.2) is 0 Å². The minimum absolute atomic E-state index is 0.125. The number of halogens is 3. The van der Waals surface area contributed by atoms with Crippen molar-refractivity contribution in [3.8, 4) is 0 Å². The highest BCUT2D eigenvalue weighted by Gasteiger charge is 2.58. The number of ether oxygens (including phenoxy) is 3. The predicted octanol–water partition coefficient (Wildman–Crippen LogP) is -1.66. The van der Waals surface area contributed by atoms with E-state index in [1.807, 2.05) is 0 Å². The summed E-state index contributed by atoms with van der Waals surface area (Å²) in [5.74, 6) is -2.43. The normalized spacial score (nSPS) is 51.1. The summed E-state index contributed by atoms with van der Waals surface area (Å²) < 4.78 is 16.1. The fourth-order valence-electron chi connectivity index (χ4n) is 2.56. The Morgan fingerprint density at radius 1 is 1.00 bits per heavy atom. The molecule has 8 nitrogen and oxygen atoms in total. The van der Waals surface area contributed by atoms with Crippen LogP contribution >= 0.6 is 34.8 Å². The van der Waals surface area contributed by atoms with Crippen LogP contribution in [-0.2, 0) is 14.2 Å². The minimum atomic E-state index is -1.90. The van der Waals surface area contributed by atoms with Crippen LogP contribution in [0.25, 0.3) is 0 Å². The van der Waals surface area contributed by atoms with E-state index in [1.54, 1.807) is 0 Å². The zero-order valence-electron chi connectivity index (χ0n) is 11.8. The van der Waals surface area contributed by atoms with Gasteiger partial charge in [0.25, 0.3) is 0 Å². The van der Waals surface area contributed by atoms with Gasteiger partial charge >= 0.3 is 0 Å². The summed E-state index contributed by atoms with van der Waals surface area (Å²) in [6.45, 7) is -0.526. The summed E-state index contributed by atoms with van der Waals surface area (Å²) in [6, 6.07) is 0. The van der Waals surface area contributed by atoms with Gasteiger partial charge in [-0.05, 0) is 0 Å². The van der Waals surface area contributed by atoms with E-state index < -0.39 is 66.6 Å². The first-order valence-electron chi connectivity index (χ1n) is 6.91. The van der Waals surface area contributed by atoms with Gasteiger partial charge in [0, 0.05) is 0 Å². The summed E-state index contributed by atoms with van der Waals surface area (Å²) in [5, 5.41) is 48.1. The average molecular weight is 398 g/mol. The van der Waals surface area contributed by atoms with Gasteiger partial charge in [0.05, 0.1) is 23.7 Å². The summed E-state index contributed by atoms with van der Waals surface area (Å²) in [7, 11) is 0. The summed E-state index contributed by atoms with van der Waals surface area (Å²) in [6.07, 6.45) is -9.39. The number of hydrogen-bond donors (Lipinski definition) is 5. The van der Waals surface area contributed by atoms with E-state index in [1.165, 1.54) is 0 Å². The molecule has 136 valence electrons. The van der Waals surface area contributed by atoms with Crippen LogP contribution in [0.1, 0.15) is 0 Å². The minimum Gasteiger partial charge on any atom is -0.394 e. The molecule has 9 atom stereocenters. The van der Waals surface area contributed by atoms with E-state index in [0.717, 1.165) is 0 Å². The lowest BCUT2D eigenvalue weighted by Gasteiger charge is -2.43. The maximum Gasteiger partial charge on any atom is 0.214 e. The molecule has 2 fully saturated rings. The largest absolute Gasteiger partial charge is 0.394 e. The molecule has 0 bridgehead atoms. The molecule has 0 saturated carbocycles. The van der Waals surface area contributed by atoms with Crippen LogP contribution in [0.4, 0.5) is 0 Å². The van der Waals surface area contributed by atoms with Crippen LogP contribution < -0.4 is 0 Å². The van der Waals surface area contributed by atoms with Gasteiger partial charge in [0.15, 0.2) is 6.29 Å². The Morgan fingerprint density at radius 2 is 1.65 bits per heavy atom. The van der Waals surface area contributed by atoms with Crippen molar-refractivity contribution in [1.82, 2.24) is 0 Å². The van der Waals surface area contributed by atoms with Crippen molar-refractivity contribution in [2.24, 2.45) is 0 Å². The molecule has 0 aromatic heterocycles. The first kappa shape index (κ1) is 19.9. The van der Waals surface area contributed by atoms with Gasteiger partial charge in [-0.2, -0.15) is 0 Å². The molecule has 0 aliphatic carbocycles. The van der Waals surface area contributed by atoms with E-state index in [2.05, 4.69) is 0 Å². The molecule has 2 aliphatic heterocycles. The molecule has 2 rings (SSSR count). The Bertz CT molecular complexity index is 403. The first-order chi connectivity index (χ1) is 10.8. The third-order valence-electron chi connectivity index (χ3n) is 3.96. The number of alkyl halides is 3. The SMILES string of the molecule is OC[C@@H]1O[C@H](O[C@]2(CCl)O[C@H](CCl)[C@H](O)[C@@H]2O)[C@@H](O)[C@@H](O)[C@H]1Cl. The highest BCUT2D eigenvalue weighted by Crippen LogP contribution is 2.37. The second kappa shape index (κ2) is 7.84. The van der Waals surface area contributed by atoms with E-state index in [-0.39, 0.29) is 5.88 Å². The van der Waals surface area contributed by atoms with Crippen LogP contribution in [0.15, 0.2) is 0 Å². The van der Waals surface area contributed by atoms with E-state index in [9.17, 15) is 25.5 Å². The van der Waals surface area contributed by atoms with Gasteiger partial charge in [-0.1, -0.05) is 0 Å². The molecule has 0 aromatic rings. The molecule has 5 N–H and O–H groups in total. The topological polar surface area (TPSA) is 129 Å². The van der Waals surface area contributed by atoms with Crippen molar-refractivity contribution < 1.29 is 39.7 Å². The highest BCUT2D eigenvalue weighted by molar-refractivity contribution is 6.21. The lowest BCUT2D eigenvalue weighted by atomic mass is 10.0. The first-order valence-corrected chi connectivity index (χ1v) is 8.42. The quantitative estimate of drug-likeness (QED) is 0.349. The zero-order chi connectivity index (χ0) is 17.4. The molecule has 2 saturated heterocycles. The summed E-state index contributed by atoms with van der Waals surface area (Å²) in [5.41, 5.74) is 0. The third kappa shape index (κ3) is 3.58. The van der Waals surface area contributed by atoms with Crippen molar-refractivity contribution in [3.05, 3.63) is 0 Å². The van der Waals surface area contributed by atoms with Gasteiger partial charge < -0.3 is 39.7 Å². The average Bonchev–Trinajstić information content (AvgIpc) is 2.80. The second-order valence-corrected chi connectivity index (χ2v) is 6.54. The van der Waals surface area contributed by atoms with Gasteiger partial charge in [0.2, 0.25) is 5.79 Å². The van der Waals surface area contributed by atoms with Gasteiger partial charge in [-0.15, -0.1) is 34.8 Å². The van der Waals surface area contributed by atoms with Crippen LogP contribution in [0.3, 0.4) is 0 Å². The molecule has 2 heterocycles. The van der Waals surface area contributed by atoms with Crippen LogP contribution in [-0.4, -0.2) is 98.0 Å². The standard InChI is InChI=1S/C12H19Cl3O8/c13-1-4-7(17)10(20)12(3-14,22-4)23-11-9(19)8(18)6(15)5(2-16)21-11/h4-11,16-20H,1-3H2/t4-,5+,6+,7+,8+,9+,10+,11-,12+/m1/s1. The highest BCUT2D eigenvalue weighted by atomic mass is 35.5. The van der Waals surface area contributed by atoms with E-state index in [4.69, 9.17) is 49.0 Å². The maximum absolute atomic E-state index is 10.1. The molecule has 0 aromatic carbocycles. The number of hydrogen-bond acceptors (Lipinski definition) is 8. The van der Waals surface area contributed by atoms with E-state index >= 15 is 0 Å². The number of aliphatic hydroxyl groups is 5. The van der Waals surface area contributed by atoms with Crippen LogP contribution in [0, 0.1) is 0 Å². The molecule has 0 unspecified atom stereocenters. The molecule has 23 heavy (non-hydrogen) atoms. The molecule has 0 radical (unpaired) electrons. The molecule has 0 amide bonds. The van der Waals surface area contributed by atoms with Crippen molar-refractivity contribution in [2.45, 2.75) is 54.1 Å². The number of aliphatic hydroxyl groups excluding tert-OH is 5. The Morgan fingerprint density at radius 3 is 2.13 bits per heavy atom. The van der Waals surface area contributed by atoms with E-state index in [0.29, 0.717) is 0 Å². The van der Waals surface area contributed by atoms with Crippen molar-refractivity contribution >= 4 is 34.8 Å². The summed E-state index contributed by atoms with van der Waals surface area (Å²) in [4.78, 5) is 0. The smallest absolute Gasteiger partial charge is 0.214 e. The predicted molar refractivity (Wildman–Crippen MR) is 79.5 cm³/mol. The molecular formula is C12H19Cl3O8. The molecule has 2 aliphatic rings. The monoisotopic (exact) mass is 396 g/mol. The third-order valence-corrected chi connectivity index (χ3v) is 5.17. The number of rotatable bonds is 5. The van der Waals surface area contributed by atoms with Gasteiger partial charge in [0.1, 0.15) is 36.6 Å². The molecule has 11 heteroatoms. The lowest BCUT2D eigenvalue weighted by Crippen LogP contribution is -2.61. The lowest BCUT2D eigenvalue weighted by molar-refractivity contribution is -0.357.